The molecule has 1 rings (SSSR count). The summed E-state index contributed by atoms with van der Waals surface area (Å²) in [5.74, 6) is -0.397. The van der Waals surface area contributed by atoms with E-state index in [2.05, 4.69) is 10.3 Å². The fourth-order valence-corrected chi connectivity index (χ4v) is 1.53. The molecule has 0 aliphatic heterocycles. The lowest BCUT2D eigenvalue weighted by molar-refractivity contribution is -0.137. The number of aromatic nitrogens is 1. The average Bonchev–Trinajstić information content (AvgIpc) is 2.35. The maximum Gasteiger partial charge on any atom is 0.303 e. The molecule has 0 radical (unpaired) electrons. The summed E-state index contributed by atoms with van der Waals surface area (Å²) >= 11 is 5.72. The predicted octanol–water partition coefficient (Wildman–Crippen LogP) is 1.15. The third-order valence-electron chi connectivity index (χ3n) is 2.37. The van der Waals surface area contributed by atoms with Gasteiger partial charge >= 0.3 is 5.97 Å². The van der Waals surface area contributed by atoms with Gasteiger partial charge in [0.05, 0.1) is 11.6 Å². The predicted molar refractivity (Wildman–Crippen MR) is 72.4 cm³/mol. The average molecular weight is 286 g/mol. The van der Waals surface area contributed by atoms with E-state index in [-0.39, 0.29) is 18.9 Å². The van der Waals surface area contributed by atoms with Gasteiger partial charge in [0.2, 0.25) is 5.91 Å². The Balaban J connectivity index is 2.31. The summed E-state index contributed by atoms with van der Waals surface area (Å²) in [7, 11) is 1.74. The van der Waals surface area contributed by atoms with Gasteiger partial charge in [-0.25, -0.2) is 4.98 Å². The Labute approximate surface area is 116 Å². The molecule has 1 aromatic heterocycles. The van der Waals surface area contributed by atoms with Crippen molar-refractivity contribution in [2.75, 3.05) is 25.0 Å². The minimum absolute atomic E-state index is 0.0505. The minimum Gasteiger partial charge on any atom is -0.481 e. The zero-order chi connectivity index (χ0) is 14.3. The minimum atomic E-state index is -0.864. The molecule has 104 valence electrons. The maximum atomic E-state index is 11.6. The Morgan fingerprint density at radius 2 is 2.21 bits per heavy atom. The summed E-state index contributed by atoms with van der Waals surface area (Å²) in [4.78, 5) is 27.6. The molecule has 1 amide bonds. The smallest absolute Gasteiger partial charge is 0.303 e. The number of hydrogen-bond acceptors (Lipinski definition) is 4. The molecule has 0 atom stereocenters. The van der Waals surface area contributed by atoms with Gasteiger partial charge < -0.3 is 15.3 Å². The summed E-state index contributed by atoms with van der Waals surface area (Å²) < 4.78 is 0. The standard InChI is InChI=1S/C12H16ClN3O3/c1-16(10-5-4-9(13)7-15-10)8-11(17)14-6-2-3-12(18)19/h4-5,7H,2-3,6,8H2,1H3,(H,14,17)(H,18,19). The first-order valence-electron chi connectivity index (χ1n) is 5.80. The lowest BCUT2D eigenvalue weighted by Gasteiger charge is -2.17. The van der Waals surface area contributed by atoms with Crippen LogP contribution in [0.4, 0.5) is 5.82 Å². The van der Waals surface area contributed by atoms with Crippen LogP contribution in [0.15, 0.2) is 18.3 Å². The van der Waals surface area contributed by atoms with Gasteiger partial charge in [0.25, 0.3) is 0 Å². The van der Waals surface area contributed by atoms with Gasteiger partial charge in [-0.15, -0.1) is 0 Å². The molecule has 0 saturated heterocycles. The van der Waals surface area contributed by atoms with Crippen molar-refractivity contribution in [2.45, 2.75) is 12.8 Å². The Kier molecular flexibility index (Phi) is 6.08. The number of carbonyl (C=O) groups excluding carboxylic acids is 1. The number of pyridine rings is 1. The zero-order valence-electron chi connectivity index (χ0n) is 10.6. The van der Waals surface area contributed by atoms with E-state index in [4.69, 9.17) is 16.7 Å². The number of hydrogen-bond donors (Lipinski definition) is 2. The molecule has 7 heteroatoms. The maximum absolute atomic E-state index is 11.6. The van der Waals surface area contributed by atoms with Crippen molar-refractivity contribution in [3.05, 3.63) is 23.4 Å². The Morgan fingerprint density at radius 1 is 1.47 bits per heavy atom. The van der Waals surface area contributed by atoms with E-state index in [1.807, 2.05) is 0 Å². The van der Waals surface area contributed by atoms with Crippen LogP contribution in [0.5, 0.6) is 0 Å². The first-order chi connectivity index (χ1) is 8.99. The highest BCUT2D eigenvalue weighted by Crippen LogP contribution is 2.12. The van der Waals surface area contributed by atoms with Crippen LogP contribution in [0, 0.1) is 0 Å². The first kappa shape index (κ1) is 15.2. The molecule has 0 aliphatic carbocycles. The zero-order valence-corrected chi connectivity index (χ0v) is 11.4. The Hall–Kier alpha value is -1.82. The number of anilines is 1. The molecule has 0 bridgehead atoms. The van der Waals surface area contributed by atoms with Gasteiger partial charge in [0.15, 0.2) is 0 Å². The van der Waals surface area contributed by atoms with E-state index >= 15 is 0 Å². The van der Waals surface area contributed by atoms with Crippen molar-refractivity contribution in [1.29, 1.82) is 0 Å². The lowest BCUT2D eigenvalue weighted by Crippen LogP contribution is -2.36. The molecule has 0 aromatic carbocycles. The molecule has 0 spiro atoms. The van der Waals surface area contributed by atoms with E-state index in [1.54, 1.807) is 24.1 Å². The molecule has 19 heavy (non-hydrogen) atoms. The molecule has 1 aromatic rings. The number of likely N-dealkylation sites (N-methyl/N-ethyl adjacent to an activating group) is 1. The summed E-state index contributed by atoms with van der Waals surface area (Å²) in [6.07, 6.45) is 1.98. The van der Waals surface area contributed by atoms with Gasteiger partial charge in [0.1, 0.15) is 5.82 Å². The number of carboxylic acids is 1. The van der Waals surface area contributed by atoms with Crippen LogP contribution in [0.25, 0.3) is 0 Å². The molecule has 0 fully saturated rings. The van der Waals surface area contributed by atoms with Gasteiger partial charge in [-0.3, -0.25) is 9.59 Å². The quantitative estimate of drug-likeness (QED) is 0.735. The number of carboxylic acid groups (broad SMARTS) is 1. The van der Waals surface area contributed by atoms with Crippen molar-refractivity contribution < 1.29 is 14.7 Å². The molecular formula is C12H16ClN3O3. The number of carbonyl (C=O) groups is 2. The number of rotatable bonds is 7. The number of halogens is 1. The molecule has 1 heterocycles. The number of aliphatic carboxylic acids is 1. The van der Waals surface area contributed by atoms with Crippen LogP contribution < -0.4 is 10.2 Å². The van der Waals surface area contributed by atoms with Gasteiger partial charge in [-0.05, 0) is 18.6 Å². The van der Waals surface area contributed by atoms with E-state index in [1.165, 1.54) is 6.20 Å². The monoisotopic (exact) mass is 285 g/mol. The van der Waals surface area contributed by atoms with Crippen molar-refractivity contribution in [3.8, 4) is 0 Å². The van der Waals surface area contributed by atoms with Crippen LogP contribution in [-0.4, -0.2) is 42.1 Å². The first-order valence-corrected chi connectivity index (χ1v) is 6.18. The molecule has 0 unspecified atom stereocenters. The van der Waals surface area contributed by atoms with Crippen LogP contribution in [0.2, 0.25) is 5.02 Å². The van der Waals surface area contributed by atoms with Crippen molar-refractivity contribution in [2.24, 2.45) is 0 Å². The van der Waals surface area contributed by atoms with Crippen LogP contribution in [-0.2, 0) is 9.59 Å². The highest BCUT2D eigenvalue weighted by Gasteiger charge is 2.08. The summed E-state index contributed by atoms with van der Waals surface area (Å²) in [5.41, 5.74) is 0. The summed E-state index contributed by atoms with van der Waals surface area (Å²) in [5, 5.41) is 11.6. The van der Waals surface area contributed by atoms with Crippen molar-refractivity contribution in [3.63, 3.8) is 0 Å². The largest absolute Gasteiger partial charge is 0.481 e. The Morgan fingerprint density at radius 3 is 2.79 bits per heavy atom. The summed E-state index contributed by atoms with van der Waals surface area (Å²) in [6, 6.07) is 3.42. The number of nitrogens with zero attached hydrogens (tertiary/aromatic N) is 2. The van der Waals surface area contributed by atoms with Crippen LogP contribution in [0.1, 0.15) is 12.8 Å². The van der Waals surface area contributed by atoms with E-state index < -0.39 is 5.97 Å². The highest BCUT2D eigenvalue weighted by atomic mass is 35.5. The van der Waals surface area contributed by atoms with Crippen molar-refractivity contribution in [1.82, 2.24) is 10.3 Å². The molecule has 0 saturated carbocycles. The number of amides is 1. The van der Waals surface area contributed by atoms with E-state index in [0.29, 0.717) is 23.8 Å². The second-order valence-corrected chi connectivity index (χ2v) is 4.47. The second kappa shape index (κ2) is 7.58. The molecule has 0 aliphatic rings. The van der Waals surface area contributed by atoms with E-state index in [9.17, 15) is 9.59 Å². The third kappa shape index (κ3) is 6.05. The normalized spacial score (nSPS) is 10.0. The van der Waals surface area contributed by atoms with Crippen molar-refractivity contribution >= 4 is 29.3 Å². The van der Waals surface area contributed by atoms with Gasteiger partial charge in [-0.2, -0.15) is 0 Å². The van der Waals surface area contributed by atoms with Crippen LogP contribution >= 0.6 is 11.6 Å². The summed E-state index contributed by atoms with van der Waals surface area (Å²) in [6.45, 7) is 0.509. The second-order valence-electron chi connectivity index (χ2n) is 4.04. The fraction of sp³-hybridized carbons (Fsp3) is 0.417. The van der Waals surface area contributed by atoms with Gasteiger partial charge in [-0.1, -0.05) is 11.6 Å². The topological polar surface area (TPSA) is 82.5 Å². The Bertz CT molecular complexity index is 436. The third-order valence-corrected chi connectivity index (χ3v) is 2.60. The van der Waals surface area contributed by atoms with Gasteiger partial charge in [0, 0.05) is 26.2 Å². The molecule has 6 nitrogen and oxygen atoms in total. The van der Waals surface area contributed by atoms with E-state index in [0.717, 1.165) is 0 Å². The molecule has 2 N–H and O–H groups in total. The SMILES string of the molecule is CN(CC(=O)NCCCC(=O)O)c1ccc(Cl)cn1. The highest BCUT2D eigenvalue weighted by molar-refractivity contribution is 6.30. The fourth-order valence-electron chi connectivity index (χ4n) is 1.41. The van der Waals surface area contributed by atoms with Crippen LogP contribution in [0.3, 0.4) is 0 Å². The molecular weight excluding hydrogens is 270 g/mol. The number of nitrogens with one attached hydrogen (secondary N) is 1. The lowest BCUT2D eigenvalue weighted by atomic mass is 10.3.